The van der Waals surface area contributed by atoms with E-state index < -0.39 is 24.0 Å². The third-order valence-corrected chi connectivity index (χ3v) is 3.32. The lowest BCUT2D eigenvalue weighted by atomic mass is 10.1. The number of hydrogen-bond acceptors (Lipinski definition) is 4. The highest BCUT2D eigenvalue weighted by molar-refractivity contribution is 7.07. The molecular formula is C12H16N2O5S. The molecule has 0 saturated carbocycles. The highest BCUT2D eigenvalue weighted by Crippen LogP contribution is 2.08. The third kappa shape index (κ3) is 5.27. The monoisotopic (exact) mass is 300 g/mol. The first kappa shape index (κ1) is 16.0. The molecule has 0 unspecified atom stereocenters. The van der Waals surface area contributed by atoms with Crippen molar-refractivity contribution in [3.05, 3.63) is 22.4 Å². The summed E-state index contributed by atoms with van der Waals surface area (Å²) in [6.07, 6.45) is -0.464. The van der Waals surface area contributed by atoms with E-state index in [1.165, 1.54) is 16.2 Å². The van der Waals surface area contributed by atoms with Gasteiger partial charge in [-0.2, -0.15) is 11.3 Å². The fourth-order valence-electron chi connectivity index (χ4n) is 1.51. The van der Waals surface area contributed by atoms with Gasteiger partial charge in [0.25, 0.3) is 0 Å². The summed E-state index contributed by atoms with van der Waals surface area (Å²) in [7, 11) is 1.54. The van der Waals surface area contributed by atoms with E-state index >= 15 is 0 Å². The van der Waals surface area contributed by atoms with E-state index in [4.69, 9.17) is 10.2 Å². The number of rotatable bonds is 7. The second-order valence-corrected chi connectivity index (χ2v) is 5.04. The Kier molecular flexibility index (Phi) is 5.98. The molecule has 0 aliphatic heterocycles. The molecule has 0 bridgehead atoms. The molecule has 0 radical (unpaired) electrons. The summed E-state index contributed by atoms with van der Waals surface area (Å²) in [5, 5.41) is 23.6. The molecule has 1 aromatic heterocycles. The van der Waals surface area contributed by atoms with Crippen LogP contribution >= 0.6 is 11.3 Å². The van der Waals surface area contributed by atoms with E-state index in [0.29, 0.717) is 6.54 Å². The smallest absolute Gasteiger partial charge is 0.326 e. The van der Waals surface area contributed by atoms with Crippen LogP contribution in [0.2, 0.25) is 0 Å². The van der Waals surface area contributed by atoms with E-state index in [9.17, 15) is 14.4 Å². The number of carboxylic acids is 2. The van der Waals surface area contributed by atoms with Crippen LogP contribution in [-0.4, -0.2) is 46.2 Å². The second-order valence-electron chi connectivity index (χ2n) is 4.26. The second kappa shape index (κ2) is 7.49. The molecule has 0 aliphatic carbocycles. The quantitative estimate of drug-likeness (QED) is 0.701. The lowest BCUT2D eigenvalue weighted by Crippen LogP contribution is -2.46. The van der Waals surface area contributed by atoms with E-state index in [2.05, 4.69) is 5.32 Å². The van der Waals surface area contributed by atoms with E-state index in [1.54, 1.807) is 7.05 Å². The lowest BCUT2D eigenvalue weighted by Gasteiger charge is -2.20. The summed E-state index contributed by atoms with van der Waals surface area (Å²) in [4.78, 5) is 34.6. The summed E-state index contributed by atoms with van der Waals surface area (Å²) < 4.78 is 0. The van der Waals surface area contributed by atoms with Crippen LogP contribution in [0.15, 0.2) is 16.8 Å². The normalized spacial score (nSPS) is 11.7. The minimum atomic E-state index is -1.25. The predicted octanol–water partition coefficient (Wildman–Crippen LogP) is 1.21. The topological polar surface area (TPSA) is 107 Å². The van der Waals surface area contributed by atoms with Crippen LogP contribution in [0.3, 0.4) is 0 Å². The van der Waals surface area contributed by atoms with E-state index in [-0.39, 0.29) is 12.8 Å². The number of amides is 2. The molecule has 0 saturated heterocycles. The molecular weight excluding hydrogens is 284 g/mol. The minimum absolute atomic E-state index is 0.150. The van der Waals surface area contributed by atoms with Crippen molar-refractivity contribution < 1.29 is 24.6 Å². The minimum Gasteiger partial charge on any atom is -0.481 e. The Morgan fingerprint density at radius 3 is 2.60 bits per heavy atom. The van der Waals surface area contributed by atoms with Crippen molar-refractivity contribution in [2.45, 2.75) is 25.4 Å². The number of hydrogen-bond donors (Lipinski definition) is 3. The molecule has 1 aromatic rings. The van der Waals surface area contributed by atoms with Crippen molar-refractivity contribution in [2.75, 3.05) is 7.05 Å². The largest absolute Gasteiger partial charge is 0.481 e. The Morgan fingerprint density at radius 2 is 2.10 bits per heavy atom. The fourth-order valence-corrected chi connectivity index (χ4v) is 2.17. The van der Waals surface area contributed by atoms with Gasteiger partial charge >= 0.3 is 18.0 Å². The zero-order valence-electron chi connectivity index (χ0n) is 10.9. The van der Waals surface area contributed by atoms with Crippen LogP contribution < -0.4 is 5.32 Å². The zero-order valence-corrected chi connectivity index (χ0v) is 11.7. The van der Waals surface area contributed by atoms with Gasteiger partial charge in [0.2, 0.25) is 0 Å². The number of carboxylic acid groups (broad SMARTS) is 2. The number of aliphatic carboxylic acids is 2. The molecule has 1 rings (SSSR count). The van der Waals surface area contributed by atoms with Crippen LogP contribution in [0.1, 0.15) is 18.4 Å². The predicted molar refractivity (Wildman–Crippen MR) is 72.6 cm³/mol. The highest BCUT2D eigenvalue weighted by Gasteiger charge is 2.22. The molecule has 7 nitrogen and oxygen atoms in total. The van der Waals surface area contributed by atoms with Crippen LogP contribution in [-0.2, 0) is 16.1 Å². The van der Waals surface area contributed by atoms with Gasteiger partial charge in [0, 0.05) is 20.0 Å². The molecule has 1 heterocycles. The summed E-state index contributed by atoms with van der Waals surface area (Å²) in [5.41, 5.74) is 0.949. The van der Waals surface area contributed by atoms with Gasteiger partial charge in [-0.1, -0.05) is 0 Å². The number of urea groups is 1. The number of carbonyl (C=O) groups is 3. The third-order valence-electron chi connectivity index (χ3n) is 2.59. The number of thiophene rings is 1. The number of nitrogens with one attached hydrogen (secondary N) is 1. The van der Waals surface area contributed by atoms with Gasteiger partial charge in [0.1, 0.15) is 6.04 Å². The fraction of sp³-hybridized carbons (Fsp3) is 0.417. The van der Waals surface area contributed by atoms with Crippen molar-refractivity contribution in [1.82, 2.24) is 10.2 Å². The number of nitrogens with zero attached hydrogens (tertiary/aromatic N) is 1. The molecule has 2 amide bonds. The first-order valence-electron chi connectivity index (χ1n) is 5.87. The molecule has 0 spiro atoms. The Balaban J connectivity index is 2.52. The van der Waals surface area contributed by atoms with E-state index in [1.807, 2.05) is 16.8 Å². The molecule has 0 aliphatic rings. The van der Waals surface area contributed by atoms with Gasteiger partial charge in [-0.15, -0.1) is 0 Å². The first-order valence-corrected chi connectivity index (χ1v) is 6.81. The molecule has 1 atom stereocenters. The first-order chi connectivity index (χ1) is 9.40. The molecule has 0 aromatic carbocycles. The van der Waals surface area contributed by atoms with Crippen LogP contribution in [0.25, 0.3) is 0 Å². The standard InChI is InChI=1S/C12H16N2O5S/c1-14(6-8-4-5-20-7-8)12(19)13-9(11(17)18)2-3-10(15)16/h4-5,7,9H,2-3,6H2,1H3,(H,13,19)(H,15,16)(H,17,18)/t9-/m0/s1. The summed E-state index contributed by atoms with van der Waals surface area (Å²) >= 11 is 1.51. The average molecular weight is 300 g/mol. The highest BCUT2D eigenvalue weighted by atomic mass is 32.1. The summed E-state index contributed by atoms with van der Waals surface area (Å²) in [6.45, 7) is 0.362. The van der Waals surface area contributed by atoms with Crippen molar-refractivity contribution in [2.24, 2.45) is 0 Å². The summed E-state index contributed by atoms with van der Waals surface area (Å²) in [5.74, 6) is -2.35. The van der Waals surface area contributed by atoms with Crippen molar-refractivity contribution in [3.8, 4) is 0 Å². The van der Waals surface area contributed by atoms with Gasteiger partial charge < -0.3 is 20.4 Å². The molecule has 20 heavy (non-hydrogen) atoms. The zero-order chi connectivity index (χ0) is 15.1. The van der Waals surface area contributed by atoms with Gasteiger partial charge in [-0.25, -0.2) is 9.59 Å². The average Bonchev–Trinajstić information content (AvgIpc) is 2.86. The Hall–Kier alpha value is -2.09. The SMILES string of the molecule is CN(Cc1ccsc1)C(=O)N[C@@H](CCC(=O)O)C(=O)O. The van der Waals surface area contributed by atoms with Crippen LogP contribution in [0.4, 0.5) is 4.79 Å². The maximum absolute atomic E-state index is 11.8. The van der Waals surface area contributed by atoms with Crippen LogP contribution in [0.5, 0.6) is 0 Å². The number of carbonyl (C=O) groups excluding carboxylic acids is 1. The Labute approximate surface area is 119 Å². The van der Waals surface area contributed by atoms with Crippen molar-refractivity contribution >= 4 is 29.3 Å². The van der Waals surface area contributed by atoms with Crippen molar-refractivity contribution in [1.29, 1.82) is 0 Å². The molecule has 110 valence electrons. The van der Waals surface area contributed by atoms with Gasteiger partial charge in [-0.3, -0.25) is 4.79 Å². The maximum Gasteiger partial charge on any atom is 0.326 e. The van der Waals surface area contributed by atoms with E-state index in [0.717, 1.165) is 5.56 Å². The molecule has 0 fully saturated rings. The molecule has 3 N–H and O–H groups in total. The van der Waals surface area contributed by atoms with Gasteiger partial charge in [0.05, 0.1) is 0 Å². The van der Waals surface area contributed by atoms with Crippen LogP contribution in [0, 0.1) is 0 Å². The molecule has 8 heteroatoms. The van der Waals surface area contributed by atoms with Gasteiger partial charge in [0.15, 0.2) is 0 Å². The summed E-state index contributed by atoms with van der Waals surface area (Å²) in [6, 6.07) is 0.116. The van der Waals surface area contributed by atoms with Gasteiger partial charge in [-0.05, 0) is 28.8 Å². The Morgan fingerprint density at radius 1 is 1.40 bits per heavy atom. The maximum atomic E-state index is 11.8. The lowest BCUT2D eigenvalue weighted by molar-refractivity contribution is -0.140. The Bertz CT molecular complexity index is 474. The van der Waals surface area contributed by atoms with Crippen molar-refractivity contribution in [3.63, 3.8) is 0 Å².